The second-order valence-electron chi connectivity index (χ2n) is 4.97. The Hall–Kier alpha value is -0.220. The van der Waals surface area contributed by atoms with Gasteiger partial charge in [-0.3, -0.25) is 0 Å². The largest absolute Gasteiger partial charge is 0.388 e. The van der Waals surface area contributed by atoms with Crippen molar-refractivity contribution in [3.8, 4) is 0 Å². The second-order valence-corrected chi connectivity index (χ2v) is 6.39. The molecular formula is C15H24ClNOS. The van der Waals surface area contributed by atoms with Gasteiger partial charge in [0.2, 0.25) is 0 Å². The van der Waals surface area contributed by atoms with Crippen LogP contribution < -0.4 is 0 Å². The summed E-state index contributed by atoms with van der Waals surface area (Å²) in [4.78, 5) is 2.31. The van der Waals surface area contributed by atoms with E-state index in [0.29, 0.717) is 11.1 Å². The monoisotopic (exact) mass is 301 g/mol. The molecule has 2 nitrogen and oxygen atoms in total. The zero-order valence-corrected chi connectivity index (χ0v) is 13.5. The maximum atomic E-state index is 10.2. The van der Waals surface area contributed by atoms with Gasteiger partial charge < -0.3 is 10.0 Å². The van der Waals surface area contributed by atoms with Crippen LogP contribution in [0.15, 0.2) is 24.3 Å². The van der Waals surface area contributed by atoms with Crippen LogP contribution in [0.25, 0.3) is 0 Å². The fourth-order valence-electron chi connectivity index (χ4n) is 1.94. The summed E-state index contributed by atoms with van der Waals surface area (Å²) < 4.78 is 0. The first-order valence-corrected chi connectivity index (χ1v) is 8.44. The molecule has 0 aliphatic carbocycles. The Morgan fingerprint density at radius 2 is 2.11 bits per heavy atom. The van der Waals surface area contributed by atoms with Crippen molar-refractivity contribution in [3.05, 3.63) is 34.9 Å². The zero-order valence-electron chi connectivity index (χ0n) is 12.0. The number of hydrogen-bond acceptors (Lipinski definition) is 3. The highest BCUT2D eigenvalue weighted by Crippen LogP contribution is 2.21. The van der Waals surface area contributed by atoms with Gasteiger partial charge >= 0.3 is 0 Å². The lowest BCUT2D eigenvalue weighted by atomic mass is 10.1. The smallest absolute Gasteiger partial charge is 0.0802 e. The number of rotatable bonds is 8. The third-order valence-corrected chi connectivity index (χ3v) is 4.36. The standard InChI is InChI=1S/C15H24ClNOS/c1-12(8-10-19-3)17(2)9-7-15(18)13-5-4-6-14(16)11-13/h4-6,11-12,15,18H,7-10H2,1-3H3. The molecule has 0 aliphatic heterocycles. The average molecular weight is 302 g/mol. The van der Waals surface area contributed by atoms with Gasteiger partial charge in [0.05, 0.1) is 6.10 Å². The van der Waals surface area contributed by atoms with Crippen molar-refractivity contribution in [3.63, 3.8) is 0 Å². The molecule has 0 spiro atoms. The predicted molar refractivity (Wildman–Crippen MR) is 86.1 cm³/mol. The minimum absolute atomic E-state index is 0.436. The number of nitrogens with zero attached hydrogens (tertiary/aromatic N) is 1. The Morgan fingerprint density at radius 3 is 2.74 bits per heavy atom. The van der Waals surface area contributed by atoms with Gasteiger partial charge in [0.1, 0.15) is 0 Å². The summed E-state index contributed by atoms with van der Waals surface area (Å²) in [6.07, 6.45) is 3.62. The summed E-state index contributed by atoms with van der Waals surface area (Å²) in [7, 11) is 2.12. The lowest BCUT2D eigenvalue weighted by Crippen LogP contribution is -2.31. The van der Waals surface area contributed by atoms with E-state index in [1.807, 2.05) is 36.0 Å². The van der Waals surface area contributed by atoms with Gasteiger partial charge in [-0.1, -0.05) is 23.7 Å². The first-order valence-electron chi connectivity index (χ1n) is 6.67. The number of aliphatic hydroxyl groups is 1. The first kappa shape index (κ1) is 16.8. The molecule has 0 radical (unpaired) electrons. The lowest BCUT2D eigenvalue weighted by Gasteiger charge is -2.25. The van der Waals surface area contributed by atoms with Gasteiger partial charge in [-0.2, -0.15) is 11.8 Å². The van der Waals surface area contributed by atoms with Gasteiger partial charge in [-0.15, -0.1) is 0 Å². The molecule has 2 unspecified atom stereocenters. The molecule has 0 aromatic heterocycles. The zero-order chi connectivity index (χ0) is 14.3. The van der Waals surface area contributed by atoms with Crippen LogP contribution in [0.3, 0.4) is 0 Å². The highest BCUT2D eigenvalue weighted by atomic mass is 35.5. The molecule has 0 saturated carbocycles. The fraction of sp³-hybridized carbons (Fsp3) is 0.600. The van der Waals surface area contributed by atoms with Crippen LogP contribution in [-0.4, -0.2) is 41.6 Å². The Labute approximate surface area is 126 Å². The molecule has 2 atom stereocenters. The third-order valence-electron chi connectivity index (χ3n) is 3.48. The van der Waals surface area contributed by atoms with Crippen LogP contribution in [-0.2, 0) is 0 Å². The maximum absolute atomic E-state index is 10.2. The Balaban J connectivity index is 2.39. The Bertz CT molecular complexity index is 375. The molecule has 19 heavy (non-hydrogen) atoms. The van der Waals surface area contributed by atoms with Crippen molar-refractivity contribution in [2.75, 3.05) is 25.6 Å². The number of halogens is 1. The molecule has 1 N–H and O–H groups in total. The van der Waals surface area contributed by atoms with Crippen LogP contribution >= 0.6 is 23.4 Å². The van der Waals surface area contributed by atoms with E-state index < -0.39 is 6.10 Å². The van der Waals surface area contributed by atoms with Crippen LogP contribution in [0.1, 0.15) is 31.4 Å². The average Bonchev–Trinajstić information content (AvgIpc) is 2.41. The number of hydrogen-bond donors (Lipinski definition) is 1. The second kappa shape index (κ2) is 8.85. The Morgan fingerprint density at radius 1 is 1.37 bits per heavy atom. The van der Waals surface area contributed by atoms with E-state index in [1.165, 1.54) is 12.2 Å². The predicted octanol–water partition coefficient (Wildman–Crippen LogP) is 3.84. The third kappa shape index (κ3) is 6.17. The van der Waals surface area contributed by atoms with Crippen LogP contribution in [0, 0.1) is 0 Å². The van der Waals surface area contributed by atoms with E-state index in [9.17, 15) is 5.11 Å². The summed E-state index contributed by atoms with van der Waals surface area (Å²) in [6, 6.07) is 8.02. The van der Waals surface area contributed by atoms with E-state index in [0.717, 1.165) is 18.5 Å². The summed E-state index contributed by atoms with van der Waals surface area (Å²) in [5.41, 5.74) is 0.901. The summed E-state index contributed by atoms with van der Waals surface area (Å²) in [6.45, 7) is 3.13. The molecule has 1 aromatic rings. The molecule has 0 amide bonds. The van der Waals surface area contributed by atoms with Crippen molar-refractivity contribution in [2.24, 2.45) is 0 Å². The lowest BCUT2D eigenvalue weighted by molar-refractivity contribution is 0.138. The molecule has 0 bridgehead atoms. The van der Waals surface area contributed by atoms with Gasteiger partial charge in [0, 0.05) is 17.6 Å². The molecule has 0 aliphatic rings. The topological polar surface area (TPSA) is 23.5 Å². The fourth-order valence-corrected chi connectivity index (χ4v) is 2.71. The molecule has 108 valence electrons. The highest BCUT2D eigenvalue weighted by Gasteiger charge is 2.12. The Kier molecular flexibility index (Phi) is 7.84. The minimum atomic E-state index is -0.436. The van der Waals surface area contributed by atoms with Crippen molar-refractivity contribution >= 4 is 23.4 Å². The van der Waals surface area contributed by atoms with E-state index in [-0.39, 0.29) is 0 Å². The van der Waals surface area contributed by atoms with Crippen molar-refractivity contribution < 1.29 is 5.11 Å². The molecule has 4 heteroatoms. The summed E-state index contributed by atoms with van der Waals surface area (Å²) in [5.74, 6) is 1.18. The van der Waals surface area contributed by atoms with Crippen molar-refractivity contribution in [2.45, 2.75) is 31.9 Å². The quantitative estimate of drug-likeness (QED) is 0.789. The number of benzene rings is 1. The van der Waals surface area contributed by atoms with E-state index in [4.69, 9.17) is 11.6 Å². The van der Waals surface area contributed by atoms with Crippen molar-refractivity contribution in [1.29, 1.82) is 0 Å². The highest BCUT2D eigenvalue weighted by molar-refractivity contribution is 7.98. The number of aliphatic hydroxyl groups excluding tert-OH is 1. The van der Waals surface area contributed by atoms with Crippen LogP contribution in [0.5, 0.6) is 0 Å². The van der Waals surface area contributed by atoms with Gasteiger partial charge in [-0.05, 0) is 56.5 Å². The normalized spacial score (nSPS) is 14.6. The SMILES string of the molecule is CSCCC(C)N(C)CCC(O)c1cccc(Cl)c1. The molecule has 1 aromatic carbocycles. The van der Waals surface area contributed by atoms with Gasteiger partial charge in [-0.25, -0.2) is 0 Å². The minimum Gasteiger partial charge on any atom is -0.388 e. The summed E-state index contributed by atoms with van der Waals surface area (Å²) in [5, 5.41) is 10.8. The van der Waals surface area contributed by atoms with Gasteiger partial charge in [0.15, 0.2) is 0 Å². The molecular weight excluding hydrogens is 278 g/mol. The van der Waals surface area contributed by atoms with E-state index >= 15 is 0 Å². The van der Waals surface area contributed by atoms with E-state index in [2.05, 4.69) is 25.1 Å². The number of thioether (sulfide) groups is 1. The molecule has 0 heterocycles. The van der Waals surface area contributed by atoms with Crippen LogP contribution in [0.2, 0.25) is 5.02 Å². The first-order chi connectivity index (χ1) is 9.04. The molecule has 1 rings (SSSR count). The van der Waals surface area contributed by atoms with Gasteiger partial charge in [0.25, 0.3) is 0 Å². The van der Waals surface area contributed by atoms with E-state index in [1.54, 1.807) is 0 Å². The maximum Gasteiger partial charge on any atom is 0.0802 e. The molecule has 0 saturated heterocycles. The van der Waals surface area contributed by atoms with Crippen molar-refractivity contribution in [1.82, 2.24) is 4.90 Å². The summed E-state index contributed by atoms with van der Waals surface area (Å²) >= 11 is 7.81. The van der Waals surface area contributed by atoms with Crippen LogP contribution in [0.4, 0.5) is 0 Å². The molecule has 0 fully saturated rings.